The normalized spacial score (nSPS) is 39.5. The second-order valence-electron chi connectivity index (χ2n) is 13.6. The number of fused-ring (bicyclic) bond motifs is 5. The Morgan fingerprint density at radius 2 is 1.81 bits per heavy atom. The van der Waals surface area contributed by atoms with Gasteiger partial charge in [0.25, 0.3) is 0 Å². The van der Waals surface area contributed by atoms with Crippen LogP contribution in [0.15, 0.2) is 34.9 Å². The Balaban J connectivity index is 1.73. The quantitative estimate of drug-likeness (QED) is 0.305. The Bertz CT molecular complexity index is 1090. The Morgan fingerprint density at radius 1 is 1.14 bits per heavy atom. The lowest BCUT2D eigenvalue weighted by atomic mass is 9.44. The fourth-order valence-electron chi connectivity index (χ4n) is 8.94. The Hall–Kier alpha value is -2.17. The van der Waals surface area contributed by atoms with E-state index in [-0.39, 0.29) is 39.7 Å². The maximum absolute atomic E-state index is 12.9. The van der Waals surface area contributed by atoms with Crippen molar-refractivity contribution in [2.24, 2.45) is 39.4 Å². The van der Waals surface area contributed by atoms with E-state index >= 15 is 0 Å². The van der Waals surface area contributed by atoms with E-state index < -0.39 is 5.97 Å². The molecule has 0 aromatic heterocycles. The Morgan fingerprint density at radius 3 is 2.43 bits per heavy atom. The number of carboxylic acid groups (broad SMARTS) is 1. The fourth-order valence-corrected chi connectivity index (χ4v) is 8.94. The molecule has 0 aliphatic heterocycles. The molecule has 0 amide bonds. The molecule has 37 heavy (non-hydrogen) atoms. The molecule has 0 heterocycles. The average molecular weight is 511 g/mol. The van der Waals surface area contributed by atoms with Gasteiger partial charge >= 0.3 is 11.9 Å². The van der Waals surface area contributed by atoms with Crippen molar-refractivity contribution in [2.75, 3.05) is 0 Å². The molecular formula is C32H46O5. The van der Waals surface area contributed by atoms with E-state index in [2.05, 4.69) is 53.7 Å². The van der Waals surface area contributed by atoms with Gasteiger partial charge in [-0.25, -0.2) is 4.79 Å². The molecular weight excluding hydrogens is 464 g/mol. The number of hydrogen-bond donors (Lipinski definition) is 1. The molecule has 7 atom stereocenters. The summed E-state index contributed by atoms with van der Waals surface area (Å²) in [4.78, 5) is 36.4. The molecule has 1 unspecified atom stereocenters. The molecule has 1 N–H and O–H groups in total. The van der Waals surface area contributed by atoms with Crippen molar-refractivity contribution in [1.29, 1.82) is 0 Å². The summed E-state index contributed by atoms with van der Waals surface area (Å²) in [5.41, 5.74) is 2.31. The van der Waals surface area contributed by atoms with E-state index in [9.17, 15) is 19.5 Å². The van der Waals surface area contributed by atoms with Crippen LogP contribution in [-0.2, 0) is 19.1 Å². The summed E-state index contributed by atoms with van der Waals surface area (Å²) < 4.78 is 6.13. The third-order valence-corrected chi connectivity index (χ3v) is 11.5. The standard InChI is InChI=1S/C32H46O5/c1-19(10-9-11-20(2)28(35)36)24-18-27(37-21(3)33)32(8)23-12-13-25-29(4,5)26(34)15-16-30(25,6)22(23)14-17-31(24,32)7/h11-12,14,19,24-25,27H,9-10,13,15-18H2,1-8H3,(H,35,36)/b20-11-/t19-,24-,25+,27?,30-,31-,32-/m1/s1. The number of carboxylic acids is 1. The molecule has 0 aromatic carbocycles. The van der Waals surface area contributed by atoms with Crippen LogP contribution in [0.3, 0.4) is 0 Å². The highest BCUT2D eigenvalue weighted by Crippen LogP contribution is 2.72. The SMILES string of the molecule is CC(=O)OC1C[C@H]([C@H](C)CC/C=C(/C)C(=O)O)[C@@]2(C)CC=C3C(=CC[C@H]4C(C)(C)C(=O)CC[C@]34C)[C@]12C. The second-order valence-corrected chi connectivity index (χ2v) is 13.6. The highest BCUT2D eigenvalue weighted by molar-refractivity contribution is 5.86. The van der Waals surface area contributed by atoms with E-state index in [0.717, 1.165) is 38.5 Å². The van der Waals surface area contributed by atoms with E-state index in [1.54, 1.807) is 6.92 Å². The minimum Gasteiger partial charge on any atom is -0.478 e. The first-order valence-corrected chi connectivity index (χ1v) is 14.1. The van der Waals surface area contributed by atoms with Crippen LogP contribution in [0.1, 0.15) is 100 Å². The van der Waals surface area contributed by atoms with Gasteiger partial charge in [0.15, 0.2) is 0 Å². The molecule has 2 saturated carbocycles. The number of rotatable bonds is 6. The number of Topliss-reactive ketones (excluding diaryl/α,β-unsaturated/α-hetero) is 1. The number of allylic oxidation sites excluding steroid dienone is 4. The summed E-state index contributed by atoms with van der Waals surface area (Å²) in [6, 6.07) is 0. The Kier molecular flexibility index (Phi) is 6.95. The molecule has 0 aromatic rings. The van der Waals surface area contributed by atoms with Gasteiger partial charge in [0.2, 0.25) is 0 Å². The first-order valence-electron chi connectivity index (χ1n) is 14.1. The van der Waals surface area contributed by atoms with Crippen LogP contribution in [0.5, 0.6) is 0 Å². The topological polar surface area (TPSA) is 80.7 Å². The van der Waals surface area contributed by atoms with Crippen LogP contribution in [0.25, 0.3) is 0 Å². The van der Waals surface area contributed by atoms with Crippen LogP contribution in [-0.4, -0.2) is 28.9 Å². The zero-order valence-corrected chi connectivity index (χ0v) is 24.1. The number of esters is 1. The zero-order valence-electron chi connectivity index (χ0n) is 24.1. The van der Waals surface area contributed by atoms with Crippen LogP contribution >= 0.6 is 0 Å². The van der Waals surface area contributed by atoms with E-state index in [4.69, 9.17) is 4.74 Å². The third-order valence-electron chi connectivity index (χ3n) is 11.5. The first-order chi connectivity index (χ1) is 17.1. The maximum Gasteiger partial charge on any atom is 0.330 e. The van der Waals surface area contributed by atoms with Crippen LogP contribution in [0.2, 0.25) is 0 Å². The van der Waals surface area contributed by atoms with Crippen molar-refractivity contribution in [3.63, 3.8) is 0 Å². The molecule has 0 spiro atoms. The van der Waals surface area contributed by atoms with E-state index in [1.165, 1.54) is 18.1 Å². The number of ether oxygens (including phenoxy) is 1. The highest BCUT2D eigenvalue weighted by Gasteiger charge is 2.67. The molecule has 4 aliphatic rings. The number of hydrogen-bond acceptors (Lipinski definition) is 4. The van der Waals surface area contributed by atoms with Crippen molar-refractivity contribution < 1.29 is 24.2 Å². The van der Waals surface area contributed by atoms with Gasteiger partial charge in [-0.2, -0.15) is 0 Å². The maximum atomic E-state index is 12.9. The monoisotopic (exact) mass is 510 g/mol. The summed E-state index contributed by atoms with van der Waals surface area (Å²) in [5.74, 6) is 0.251. The molecule has 5 heteroatoms. The molecule has 0 saturated heterocycles. The number of ketones is 1. The van der Waals surface area contributed by atoms with Crippen molar-refractivity contribution in [3.05, 3.63) is 34.9 Å². The van der Waals surface area contributed by atoms with E-state index in [1.807, 2.05) is 6.08 Å². The number of aliphatic carboxylic acids is 1. The lowest BCUT2D eigenvalue weighted by Gasteiger charge is -2.60. The summed E-state index contributed by atoms with van der Waals surface area (Å²) >= 11 is 0. The van der Waals surface area contributed by atoms with Gasteiger partial charge in [0.1, 0.15) is 11.9 Å². The smallest absolute Gasteiger partial charge is 0.330 e. The molecule has 4 rings (SSSR count). The van der Waals surface area contributed by atoms with Crippen molar-refractivity contribution in [3.8, 4) is 0 Å². The number of carbonyl (C=O) groups excluding carboxylic acids is 2. The predicted octanol–water partition coefficient (Wildman–Crippen LogP) is 7.07. The number of carbonyl (C=O) groups is 3. The van der Waals surface area contributed by atoms with E-state index in [0.29, 0.717) is 29.6 Å². The lowest BCUT2D eigenvalue weighted by molar-refractivity contribution is -0.152. The summed E-state index contributed by atoms with van der Waals surface area (Å²) in [6.07, 6.45) is 12.2. The fraction of sp³-hybridized carbons (Fsp3) is 0.719. The van der Waals surface area contributed by atoms with Gasteiger partial charge in [-0.15, -0.1) is 0 Å². The van der Waals surface area contributed by atoms with Gasteiger partial charge < -0.3 is 9.84 Å². The predicted molar refractivity (Wildman–Crippen MR) is 145 cm³/mol. The van der Waals surface area contributed by atoms with Crippen LogP contribution in [0, 0.1) is 39.4 Å². The van der Waals surface area contributed by atoms with Crippen molar-refractivity contribution in [2.45, 2.75) is 106 Å². The minimum absolute atomic E-state index is 0.0601. The minimum atomic E-state index is -0.864. The largest absolute Gasteiger partial charge is 0.478 e. The average Bonchev–Trinajstić information content (AvgIpc) is 3.03. The van der Waals surface area contributed by atoms with Crippen LogP contribution in [0.4, 0.5) is 0 Å². The Labute approximate surface area is 222 Å². The van der Waals surface area contributed by atoms with Crippen molar-refractivity contribution >= 4 is 17.7 Å². The molecule has 0 radical (unpaired) electrons. The molecule has 204 valence electrons. The summed E-state index contributed by atoms with van der Waals surface area (Å²) in [6.45, 7) is 16.8. The zero-order chi connectivity index (χ0) is 27.6. The summed E-state index contributed by atoms with van der Waals surface area (Å²) in [7, 11) is 0. The van der Waals surface area contributed by atoms with Gasteiger partial charge in [0.05, 0.1) is 0 Å². The highest BCUT2D eigenvalue weighted by atomic mass is 16.5. The molecule has 5 nitrogen and oxygen atoms in total. The van der Waals surface area contributed by atoms with Gasteiger partial charge in [-0.05, 0) is 85.2 Å². The second kappa shape index (κ2) is 9.24. The lowest BCUT2D eigenvalue weighted by Crippen LogP contribution is -2.55. The molecule has 4 aliphatic carbocycles. The third kappa shape index (κ3) is 4.06. The van der Waals surface area contributed by atoms with Crippen LogP contribution < -0.4 is 0 Å². The summed E-state index contributed by atoms with van der Waals surface area (Å²) in [5, 5.41) is 9.22. The van der Waals surface area contributed by atoms with Gasteiger partial charge in [-0.3, -0.25) is 9.59 Å². The molecule has 2 fully saturated rings. The van der Waals surface area contributed by atoms with Crippen molar-refractivity contribution in [1.82, 2.24) is 0 Å². The first kappa shape index (κ1) is 27.9. The van der Waals surface area contributed by atoms with Gasteiger partial charge in [0, 0.05) is 29.7 Å². The van der Waals surface area contributed by atoms with Gasteiger partial charge in [-0.1, -0.05) is 59.8 Å². The molecule has 0 bridgehead atoms.